The standard InChI is InChI=1S/C25H25N3O3S/c29-23(18-6-7-18)26-19-8-10-20(11-9-19)27-24(30)22-16-21(17-4-2-1-3-5-17)25(32-22)28-12-14-31-15-13-28/h1-5,8-11,16,18H,6-7,12-15H2,(H,26,29)(H,27,30). The van der Waals surface area contributed by atoms with Crippen molar-refractivity contribution < 1.29 is 14.3 Å². The highest BCUT2D eigenvalue weighted by molar-refractivity contribution is 7.18. The normalized spacial score (nSPS) is 15.9. The lowest BCUT2D eigenvalue weighted by atomic mass is 10.1. The summed E-state index contributed by atoms with van der Waals surface area (Å²) in [5.74, 6) is 0.0959. The molecule has 5 rings (SSSR count). The van der Waals surface area contributed by atoms with E-state index in [4.69, 9.17) is 4.74 Å². The number of ether oxygens (including phenoxy) is 1. The lowest BCUT2D eigenvalue weighted by Gasteiger charge is -2.28. The van der Waals surface area contributed by atoms with Crippen LogP contribution in [-0.4, -0.2) is 38.1 Å². The molecule has 1 aliphatic heterocycles. The van der Waals surface area contributed by atoms with Crippen LogP contribution in [0.4, 0.5) is 16.4 Å². The molecule has 0 bridgehead atoms. The first-order valence-corrected chi connectivity index (χ1v) is 11.7. The van der Waals surface area contributed by atoms with Crippen molar-refractivity contribution >= 4 is 39.5 Å². The van der Waals surface area contributed by atoms with Gasteiger partial charge in [-0.3, -0.25) is 9.59 Å². The van der Waals surface area contributed by atoms with Gasteiger partial charge in [-0.05, 0) is 48.7 Å². The Balaban J connectivity index is 1.34. The smallest absolute Gasteiger partial charge is 0.265 e. The minimum Gasteiger partial charge on any atom is -0.378 e. The van der Waals surface area contributed by atoms with Crippen LogP contribution in [0.15, 0.2) is 60.7 Å². The Labute approximate surface area is 191 Å². The zero-order valence-corrected chi connectivity index (χ0v) is 18.5. The molecule has 6 nitrogen and oxygen atoms in total. The Morgan fingerprint density at radius 3 is 2.22 bits per heavy atom. The summed E-state index contributed by atoms with van der Waals surface area (Å²) in [4.78, 5) is 27.9. The van der Waals surface area contributed by atoms with Gasteiger partial charge >= 0.3 is 0 Å². The second kappa shape index (κ2) is 9.14. The van der Waals surface area contributed by atoms with E-state index >= 15 is 0 Å². The van der Waals surface area contributed by atoms with E-state index < -0.39 is 0 Å². The Morgan fingerprint density at radius 1 is 0.906 bits per heavy atom. The number of amides is 2. The minimum absolute atomic E-state index is 0.0736. The molecule has 0 unspecified atom stereocenters. The van der Waals surface area contributed by atoms with Crippen LogP contribution in [0.5, 0.6) is 0 Å². The van der Waals surface area contributed by atoms with Crippen molar-refractivity contribution in [2.45, 2.75) is 12.8 Å². The van der Waals surface area contributed by atoms with E-state index in [9.17, 15) is 9.59 Å². The lowest BCUT2D eigenvalue weighted by molar-refractivity contribution is -0.117. The van der Waals surface area contributed by atoms with Gasteiger partial charge in [0.2, 0.25) is 5.91 Å². The molecule has 2 N–H and O–H groups in total. The van der Waals surface area contributed by atoms with Gasteiger partial charge in [-0.1, -0.05) is 30.3 Å². The molecule has 2 aliphatic rings. The van der Waals surface area contributed by atoms with Crippen LogP contribution in [-0.2, 0) is 9.53 Å². The molecule has 1 aromatic heterocycles. The molecule has 1 saturated carbocycles. The van der Waals surface area contributed by atoms with Crippen molar-refractivity contribution in [1.82, 2.24) is 0 Å². The molecule has 164 valence electrons. The maximum atomic E-state index is 13.0. The van der Waals surface area contributed by atoms with Gasteiger partial charge in [0.05, 0.1) is 23.1 Å². The zero-order valence-electron chi connectivity index (χ0n) is 17.7. The second-order valence-electron chi connectivity index (χ2n) is 8.09. The average molecular weight is 448 g/mol. The van der Waals surface area contributed by atoms with E-state index in [1.165, 1.54) is 11.3 Å². The largest absolute Gasteiger partial charge is 0.378 e. The predicted octanol–water partition coefficient (Wildman–Crippen LogP) is 4.85. The summed E-state index contributed by atoms with van der Waals surface area (Å²) in [7, 11) is 0. The molecular formula is C25H25N3O3S. The first-order chi connectivity index (χ1) is 15.7. The molecule has 2 fully saturated rings. The molecule has 2 amide bonds. The summed E-state index contributed by atoms with van der Waals surface area (Å²) >= 11 is 1.51. The van der Waals surface area contributed by atoms with Crippen molar-refractivity contribution in [2.24, 2.45) is 5.92 Å². The highest BCUT2D eigenvalue weighted by atomic mass is 32.1. The first kappa shape index (κ1) is 20.7. The number of thiophene rings is 1. The van der Waals surface area contributed by atoms with Crippen LogP contribution in [0.3, 0.4) is 0 Å². The molecule has 7 heteroatoms. The number of nitrogens with one attached hydrogen (secondary N) is 2. The number of nitrogens with zero attached hydrogens (tertiary/aromatic N) is 1. The van der Waals surface area contributed by atoms with Gasteiger partial charge in [0.25, 0.3) is 5.91 Å². The molecular weight excluding hydrogens is 422 g/mol. The van der Waals surface area contributed by atoms with E-state index in [2.05, 4.69) is 27.7 Å². The van der Waals surface area contributed by atoms with Crippen LogP contribution in [0.1, 0.15) is 22.5 Å². The van der Waals surface area contributed by atoms with Crippen LogP contribution in [0, 0.1) is 5.92 Å². The fraction of sp³-hybridized carbons (Fsp3) is 0.280. The highest BCUT2D eigenvalue weighted by Gasteiger charge is 2.29. The topological polar surface area (TPSA) is 70.7 Å². The Morgan fingerprint density at radius 2 is 1.56 bits per heavy atom. The second-order valence-corrected chi connectivity index (χ2v) is 9.12. The molecule has 32 heavy (non-hydrogen) atoms. The first-order valence-electron chi connectivity index (χ1n) is 10.9. The third kappa shape index (κ3) is 4.69. The molecule has 0 radical (unpaired) electrons. The van der Waals surface area contributed by atoms with E-state index in [1.54, 1.807) is 0 Å². The Bertz CT molecular complexity index is 1100. The van der Waals surface area contributed by atoms with Gasteiger partial charge in [0.15, 0.2) is 0 Å². The van der Waals surface area contributed by atoms with E-state index in [1.807, 2.05) is 48.5 Å². The summed E-state index contributed by atoms with van der Waals surface area (Å²) in [6.45, 7) is 3.01. The van der Waals surface area contributed by atoms with Crippen molar-refractivity contribution in [3.8, 4) is 11.1 Å². The summed E-state index contributed by atoms with van der Waals surface area (Å²) in [6.07, 6.45) is 1.94. The maximum absolute atomic E-state index is 13.0. The van der Waals surface area contributed by atoms with E-state index in [0.29, 0.717) is 23.8 Å². The molecule has 3 aromatic rings. The quantitative estimate of drug-likeness (QED) is 0.567. The third-order valence-electron chi connectivity index (χ3n) is 5.68. The fourth-order valence-corrected chi connectivity index (χ4v) is 4.87. The Kier molecular flexibility index (Phi) is 5.92. The van der Waals surface area contributed by atoms with Gasteiger partial charge < -0.3 is 20.3 Å². The number of anilines is 3. The van der Waals surface area contributed by atoms with Crippen LogP contribution in [0.25, 0.3) is 11.1 Å². The number of morpholine rings is 1. The molecule has 0 atom stereocenters. The van der Waals surface area contributed by atoms with Crippen molar-refractivity contribution in [1.29, 1.82) is 0 Å². The predicted molar refractivity (Wildman–Crippen MR) is 129 cm³/mol. The summed E-state index contributed by atoms with van der Waals surface area (Å²) < 4.78 is 5.51. The third-order valence-corrected chi connectivity index (χ3v) is 6.87. The molecule has 1 aliphatic carbocycles. The highest BCUT2D eigenvalue weighted by Crippen LogP contribution is 2.39. The fourth-order valence-electron chi connectivity index (χ4n) is 3.74. The minimum atomic E-state index is -0.138. The van der Waals surface area contributed by atoms with Gasteiger partial charge in [-0.2, -0.15) is 0 Å². The number of carbonyl (C=O) groups is 2. The number of hydrogen-bond acceptors (Lipinski definition) is 5. The average Bonchev–Trinajstić information content (AvgIpc) is 3.59. The summed E-state index contributed by atoms with van der Waals surface area (Å²) in [5, 5.41) is 7.00. The lowest BCUT2D eigenvalue weighted by Crippen LogP contribution is -2.35. The molecule has 0 spiro atoms. The number of rotatable bonds is 6. The van der Waals surface area contributed by atoms with E-state index in [0.717, 1.165) is 47.7 Å². The van der Waals surface area contributed by atoms with Gasteiger partial charge in [-0.15, -0.1) is 11.3 Å². The maximum Gasteiger partial charge on any atom is 0.265 e. The van der Waals surface area contributed by atoms with Crippen LogP contribution in [0.2, 0.25) is 0 Å². The Hall–Kier alpha value is -3.16. The van der Waals surface area contributed by atoms with Crippen LogP contribution >= 0.6 is 11.3 Å². The zero-order chi connectivity index (χ0) is 21.9. The van der Waals surface area contributed by atoms with Crippen molar-refractivity contribution in [2.75, 3.05) is 41.8 Å². The van der Waals surface area contributed by atoms with E-state index in [-0.39, 0.29) is 17.7 Å². The number of benzene rings is 2. The van der Waals surface area contributed by atoms with Crippen LogP contribution < -0.4 is 15.5 Å². The SMILES string of the molecule is O=C(Nc1ccc(NC(=O)C2CC2)cc1)c1cc(-c2ccccc2)c(N2CCOCC2)s1. The monoisotopic (exact) mass is 447 g/mol. The summed E-state index contributed by atoms with van der Waals surface area (Å²) in [5.41, 5.74) is 3.61. The van der Waals surface area contributed by atoms with Crippen molar-refractivity contribution in [3.63, 3.8) is 0 Å². The molecule has 2 aromatic carbocycles. The van der Waals surface area contributed by atoms with Gasteiger partial charge in [0, 0.05) is 35.9 Å². The van der Waals surface area contributed by atoms with Gasteiger partial charge in [-0.25, -0.2) is 0 Å². The molecule has 2 heterocycles. The van der Waals surface area contributed by atoms with Crippen molar-refractivity contribution in [3.05, 3.63) is 65.5 Å². The summed E-state index contributed by atoms with van der Waals surface area (Å²) in [6, 6.07) is 19.4. The molecule has 1 saturated heterocycles. The number of hydrogen-bond donors (Lipinski definition) is 2. The number of carbonyl (C=O) groups excluding carboxylic acids is 2. The van der Waals surface area contributed by atoms with Gasteiger partial charge in [0.1, 0.15) is 0 Å².